The van der Waals surface area contributed by atoms with Crippen LogP contribution in [0, 0.1) is 12.7 Å². The highest BCUT2D eigenvalue weighted by Gasteiger charge is 2.19. The van der Waals surface area contributed by atoms with E-state index < -0.39 is 20.7 Å². The molecule has 0 bridgehead atoms. The third-order valence-corrected chi connectivity index (χ3v) is 3.89. The third kappa shape index (κ3) is 3.18. The molecule has 0 aliphatic rings. The summed E-state index contributed by atoms with van der Waals surface area (Å²) in [5, 5.41) is 12.4. The van der Waals surface area contributed by atoms with Crippen molar-refractivity contribution in [3.63, 3.8) is 0 Å². The van der Waals surface area contributed by atoms with Gasteiger partial charge in [0.2, 0.25) is 15.9 Å². The third-order valence-electron chi connectivity index (χ3n) is 2.46. The molecule has 1 aromatic heterocycles. The number of rotatable bonds is 5. The van der Waals surface area contributed by atoms with E-state index in [-0.39, 0.29) is 24.5 Å². The number of aliphatic hydroxyl groups is 1. The van der Waals surface area contributed by atoms with Gasteiger partial charge in [-0.3, -0.25) is 0 Å². The van der Waals surface area contributed by atoms with Crippen LogP contribution in [0.25, 0.3) is 0 Å². The number of hydrogen-bond acceptors (Lipinski definition) is 6. The Morgan fingerprint density at radius 1 is 1.45 bits per heavy atom. The number of halogens is 1. The van der Waals surface area contributed by atoms with Gasteiger partial charge in [0.05, 0.1) is 13.2 Å². The molecule has 0 spiro atoms. The summed E-state index contributed by atoms with van der Waals surface area (Å²) in [6.07, 6.45) is 0. The lowest BCUT2D eigenvalue weighted by Crippen LogP contribution is -2.24. The number of benzene rings is 1. The topological polar surface area (TPSA) is 105 Å². The molecule has 2 rings (SSSR count). The maximum atomic E-state index is 13.7. The Kier molecular flexibility index (Phi) is 4.12. The standard InChI is InChI=1S/C11H12FN3O4S/c1-7-14-11(15-19-7)5-13-20(17,18)10-3-2-8(6-16)4-9(10)12/h2-4,13,16H,5-6H2,1H3. The SMILES string of the molecule is Cc1nc(CNS(=O)(=O)c2ccc(CO)cc2F)no1. The maximum Gasteiger partial charge on any atom is 0.243 e. The Bertz CT molecular complexity index is 714. The van der Waals surface area contributed by atoms with Gasteiger partial charge in [-0.05, 0) is 17.7 Å². The second-order valence-electron chi connectivity index (χ2n) is 3.98. The van der Waals surface area contributed by atoms with Crippen LogP contribution in [0.15, 0.2) is 27.6 Å². The summed E-state index contributed by atoms with van der Waals surface area (Å²) >= 11 is 0. The van der Waals surface area contributed by atoms with Gasteiger partial charge in [0.25, 0.3) is 0 Å². The van der Waals surface area contributed by atoms with Gasteiger partial charge in [0.1, 0.15) is 10.7 Å². The highest BCUT2D eigenvalue weighted by atomic mass is 32.2. The smallest absolute Gasteiger partial charge is 0.243 e. The van der Waals surface area contributed by atoms with E-state index in [1.165, 1.54) is 6.07 Å². The monoisotopic (exact) mass is 301 g/mol. The summed E-state index contributed by atoms with van der Waals surface area (Å²) in [5.41, 5.74) is 0.287. The fraction of sp³-hybridized carbons (Fsp3) is 0.273. The van der Waals surface area contributed by atoms with E-state index in [1.807, 2.05) is 0 Å². The Hall–Kier alpha value is -1.84. The number of hydrogen-bond donors (Lipinski definition) is 2. The van der Waals surface area contributed by atoms with Crippen molar-refractivity contribution in [1.82, 2.24) is 14.9 Å². The van der Waals surface area contributed by atoms with Crippen molar-refractivity contribution < 1.29 is 22.4 Å². The zero-order valence-electron chi connectivity index (χ0n) is 10.5. The number of aryl methyl sites for hydroxylation is 1. The van der Waals surface area contributed by atoms with Gasteiger partial charge in [-0.25, -0.2) is 17.5 Å². The van der Waals surface area contributed by atoms with E-state index in [0.717, 1.165) is 12.1 Å². The molecule has 0 fully saturated rings. The summed E-state index contributed by atoms with van der Waals surface area (Å²) < 4.78 is 44.4. The minimum atomic E-state index is -4.03. The highest BCUT2D eigenvalue weighted by Crippen LogP contribution is 2.16. The van der Waals surface area contributed by atoms with E-state index in [4.69, 9.17) is 9.63 Å². The van der Waals surface area contributed by atoms with Crippen molar-refractivity contribution >= 4 is 10.0 Å². The molecule has 0 unspecified atom stereocenters. The number of aliphatic hydroxyl groups excluding tert-OH is 1. The molecule has 7 nitrogen and oxygen atoms in total. The van der Waals surface area contributed by atoms with Gasteiger partial charge < -0.3 is 9.63 Å². The number of nitrogens with zero attached hydrogens (tertiary/aromatic N) is 2. The lowest BCUT2D eigenvalue weighted by Gasteiger charge is -2.07. The first-order valence-electron chi connectivity index (χ1n) is 5.60. The van der Waals surface area contributed by atoms with Crippen LogP contribution in [0.4, 0.5) is 4.39 Å². The van der Waals surface area contributed by atoms with E-state index in [2.05, 4.69) is 14.9 Å². The molecule has 20 heavy (non-hydrogen) atoms. The molecule has 0 aliphatic carbocycles. The van der Waals surface area contributed by atoms with Crippen LogP contribution in [0.3, 0.4) is 0 Å². The van der Waals surface area contributed by atoms with Crippen molar-refractivity contribution in [2.75, 3.05) is 0 Å². The Morgan fingerprint density at radius 3 is 2.75 bits per heavy atom. The van der Waals surface area contributed by atoms with Crippen molar-refractivity contribution in [3.8, 4) is 0 Å². The van der Waals surface area contributed by atoms with Crippen LogP contribution >= 0.6 is 0 Å². The van der Waals surface area contributed by atoms with Gasteiger partial charge in [0.15, 0.2) is 5.82 Å². The largest absolute Gasteiger partial charge is 0.392 e. The molecule has 2 N–H and O–H groups in total. The lowest BCUT2D eigenvalue weighted by atomic mass is 10.2. The van der Waals surface area contributed by atoms with Gasteiger partial charge in [0, 0.05) is 6.92 Å². The van der Waals surface area contributed by atoms with Crippen LogP contribution in [-0.2, 0) is 23.2 Å². The van der Waals surface area contributed by atoms with Crippen LogP contribution in [0.2, 0.25) is 0 Å². The van der Waals surface area contributed by atoms with E-state index in [0.29, 0.717) is 5.89 Å². The predicted molar refractivity (Wildman–Crippen MR) is 65.4 cm³/mol. The zero-order chi connectivity index (χ0) is 14.8. The highest BCUT2D eigenvalue weighted by molar-refractivity contribution is 7.89. The summed E-state index contributed by atoms with van der Waals surface area (Å²) in [5.74, 6) is -0.482. The lowest BCUT2D eigenvalue weighted by molar-refractivity contribution is 0.281. The maximum absolute atomic E-state index is 13.7. The van der Waals surface area contributed by atoms with Crippen LogP contribution in [0.5, 0.6) is 0 Å². The van der Waals surface area contributed by atoms with Crippen LogP contribution < -0.4 is 4.72 Å². The normalized spacial score (nSPS) is 11.8. The summed E-state index contributed by atoms with van der Waals surface area (Å²) in [6, 6.07) is 3.38. The van der Waals surface area contributed by atoms with E-state index >= 15 is 0 Å². The van der Waals surface area contributed by atoms with Crippen molar-refractivity contribution in [2.24, 2.45) is 0 Å². The molecule has 9 heteroatoms. The summed E-state index contributed by atoms with van der Waals surface area (Å²) in [4.78, 5) is 3.32. The number of aromatic nitrogens is 2. The molecule has 108 valence electrons. The minimum Gasteiger partial charge on any atom is -0.392 e. The first-order chi connectivity index (χ1) is 9.42. The molecule has 2 aromatic rings. The predicted octanol–water partition coefficient (Wildman–Crippen LogP) is 0.488. The molecule has 0 atom stereocenters. The quantitative estimate of drug-likeness (QED) is 0.832. The molecule has 0 saturated carbocycles. The molecule has 0 saturated heterocycles. The average molecular weight is 301 g/mol. The van der Waals surface area contributed by atoms with E-state index in [1.54, 1.807) is 6.92 Å². The Morgan fingerprint density at radius 2 is 2.20 bits per heavy atom. The molecular formula is C11H12FN3O4S. The van der Waals surface area contributed by atoms with Crippen molar-refractivity contribution in [2.45, 2.75) is 25.0 Å². The fourth-order valence-corrected chi connectivity index (χ4v) is 2.55. The molecule has 1 heterocycles. The molecule has 1 aromatic carbocycles. The Labute approximate surface area is 114 Å². The first kappa shape index (κ1) is 14.6. The molecular weight excluding hydrogens is 289 g/mol. The zero-order valence-corrected chi connectivity index (χ0v) is 11.3. The van der Waals surface area contributed by atoms with Gasteiger partial charge in [-0.2, -0.15) is 4.98 Å². The van der Waals surface area contributed by atoms with Gasteiger partial charge >= 0.3 is 0 Å². The number of sulfonamides is 1. The number of nitrogens with one attached hydrogen (secondary N) is 1. The molecule has 0 amide bonds. The summed E-state index contributed by atoms with van der Waals surface area (Å²) in [7, 11) is -4.03. The fourth-order valence-electron chi connectivity index (χ4n) is 1.51. The molecule has 0 aliphatic heterocycles. The van der Waals surface area contributed by atoms with Crippen molar-refractivity contribution in [1.29, 1.82) is 0 Å². The van der Waals surface area contributed by atoms with Gasteiger partial charge in [-0.1, -0.05) is 11.2 Å². The van der Waals surface area contributed by atoms with Crippen LogP contribution in [0.1, 0.15) is 17.3 Å². The van der Waals surface area contributed by atoms with E-state index in [9.17, 15) is 12.8 Å². The molecule has 0 radical (unpaired) electrons. The minimum absolute atomic E-state index is 0.151. The Balaban J connectivity index is 2.18. The van der Waals surface area contributed by atoms with Crippen LogP contribution in [-0.4, -0.2) is 23.7 Å². The van der Waals surface area contributed by atoms with Gasteiger partial charge in [-0.15, -0.1) is 0 Å². The van der Waals surface area contributed by atoms with Crippen molar-refractivity contribution in [3.05, 3.63) is 41.3 Å². The first-order valence-corrected chi connectivity index (χ1v) is 7.09. The second kappa shape index (κ2) is 5.65. The average Bonchev–Trinajstić information content (AvgIpc) is 2.82. The summed E-state index contributed by atoms with van der Waals surface area (Å²) in [6.45, 7) is 0.992. The second-order valence-corrected chi connectivity index (χ2v) is 5.71.